The Morgan fingerprint density at radius 3 is 2.12 bits per heavy atom. The van der Waals surface area contributed by atoms with Crippen molar-refractivity contribution in [2.75, 3.05) is 7.11 Å². The summed E-state index contributed by atoms with van der Waals surface area (Å²) in [5.74, 6) is -0.479. The van der Waals surface area contributed by atoms with Crippen LogP contribution in [-0.2, 0) is 14.3 Å². The molecule has 0 unspecified atom stereocenters. The third kappa shape index (κ3) is 5.59. The lowest BCUT2D eigenvalue weighted by Gasteiger charge is -2.19. The summed E-state index contributed by atoms with van der Waals surface area (Å²) in [4.78, 5) is 25.0. The Kier molecular flexibility index (Phi) is 7.15. The van der Waals surface area contributed by atoms with Crippen LogP contribution in [0.1, 0.15) is 31.4 Å². The minimum atomic E-state index is -0.671. The van der Waals surface area contributed by atoms with Crippen molar-refractivity contribution in [2.45, 2.75) is 26.3 Å². The van der Waals surface area contributed by atoms with Crippen molar-refractivity contribution in [3.8, 4) is 0 Å². The average Bonchev–Trinajstić information content (AvgIpc) is 2.66. The van der Waals surface area contributed by atoms with Crippen LogP contribution in [0.2, 0.25) is 0 Å². The van der Waals surface area contributed by atoms with Gasteiger partial charge in [-0.15, -0.1) is 0 Å². The largest absolute Gasteiger partial charge is 0.467 e. The van der Waals surface area contributed by atoms with Gasteiger partial charge in [-0.3, -0.25) is 4.79 Å². The lowest BCUT2D eigenvalue weighted by Crippen LogP contribution is -2.42. The molecule has 0 radical (unpaired) electrons. The molecule has 0 spiro atoms. The van der Waals surface area contributed by atoms with Crippen LogP contribution >= 0.6 is 0 Å². The second-order valence-corrected chi connectivity index (χ2v) is 6.51. The van der Waals surface area contributed by atoms with E-state index in [1.165, 1.54) is 7.11 Å². The van der Waals surface area contributed by atoms with Crippen LogP contribution in [0.15, 0.2) is 60.7 Å². The number of hydrogen-bond donors (Lipinski definition) is 1. The van der Waals surface area contributed by atoms with Gasteiger partial charge in [0.2, 0.25) is 0 Å². The molecule has 4 nitrogen and oxygen atoms in total. The second-order valence-electron chi connectivity index (χ2n) is 6.51. The number of benzene rings is 2. The van der Waals surface area contributed by atoms with Crippen LogP contribution in [0, 0.1) is 5.92 Å². The molecule has 136 valence electrons. The van der Waals surface area contributed by atoms with E-state index >= 15 is 0 Å². The normalized spacial score (nSPS) is 12.5. The van der Waals surface area contributed by atoms with E-state index in [-0.39, 0.29) is 11.8 Å². The minimum absolute atomic E-state index is 0.248. The number of esters is 1. The molecular formula is C22H25NO3. The van der Waals surface area contributed by atoms with Crippen LogP contribution in [0.5, 0.6) is 0 Å². The molecule has 0 aliphatic heterocycles. The zero-order valence-electron chi connectivity index (χ0n) is 15.4. The molecule has 0 saturated heterocycles. The van der Waals surface area contributed by atoms with Gasteiger partial charge in [-0.25, -0.2) is 4.79 Å². The SMILES string of the molecule is COC(=O)[C@@H](CC(C)C)NC(=O)/C(=C/c1ccccc1)c1ccccc1. The first kappa shape index (κ1) is 19.4. The maximum atomic E-state index is 13.0. The molecule has 2 aromatic rings. The molecule has 0 aliphatic carbocycles. The van der Waals surface area contributed by atoms with E-state index in [9.17, 15) is 9.59 Å². The Hall–Kier alpha value is -2.88. The van der Waals surface area contributed by atoms with Gasteiger partial charge < -0.3 is 10.1 Å². The van der Waals surface area contributed by atoms with Crippen LogP contribution in [0.25, 0.3) is 11.6 Å². The van der Waals surface area contributed by atoms with Crippen LogP contribution in [0.3, 0.4) is 0 Å². The van der Waals surface area contributed by atoms with Gasteiger partial charge in [-0.2, -0.15) is 0 Å². The summed E-state index contributed by atoms with van der Waals surface area (Å²) in [6, 6.07) is 18.4. The third-order valence-electron chi connectivity index (χ3n) is 3.94. The van der Waals surface area contributed by atoms with E-state index in [1.807, 2.05) is 80.6 Å². The van der Waals surface area contributed by atoms with Crippen LogP contribution in [0.4, 0.5) is 0 Å². The topological polar surface area (TPSA) is 55.4 Å². The molecular weight excluding hydrogens is 326 g/mol. The van der Waals surface area contributed by atoms with E-state index in [2.05, 4.69) is 5.32 Å². The standard InChI is InChI=1S/C22H25NO3/c1-16(2)14-20(22(25)26-3)23-21(24)19(18-12-8-5-9-13-18)15-17-10-6-4-7-11-17/h4-13,15-16,20H,14H2,1-3H3,(H,23,24)/b19-15+/t20-/m1/s1. The summed E-state index contributed by atoms with van der Waals surface area (Å²) in [6.45, 7) is 4.00. The fourth-order valence-corrected chi connectivity index (χ4v) is 2.68. The quantitative estimate of drug-likeness (QED) is 0.467. The van der Waals surface area contributed by atoms with Crippen molar-refractivity contribution < 1.29 is 14.3 Å². The first-order valence-corrected chi connectivity index (χ1v) is 8.72. The molecule has 2 rings (SSSR count). The molecule has 0 heterocycles. The third-order valence-corrected chi connectivity index (χ3v) is 3.94. The maximum absolute atomic E-state index is 13.0. The lowest BCUT2D eigenvalue weighted by atomic mass is 10.00. The number of hydrogen-bond acceptors (Lipinski definition) is 3. The van der Waals surface area contributed by atoms with Crippen molar-refractivity contribution in [1.29, 1.82) is 0 Å². The predicted octanol–water partition coefficient (Wildman–Crippen LogP) is 3.93. The van der Waals surface area contributed by atoms with E-state index in [1.54, 1.807) is 0 Å². The second kappa shape index (κ2) is 9.56. The van der Waals surface area contributed by atoms with Gasteiger partial charge in [0, 0.05) is 5.57 Å². The fourth-order valence-electron chi connectivity index (χ4n) is 2.68. The first-order valence-electron chi connectivity index (χ1n) is 8.72. The average molecular weight is 351 g/mol. The molecule has 1 atom stereocenters. The number of carbonyl (C=O) groups excluding carboxylic acids is 2. The summed E-state index contributed by atoms with van der Waals surface area (Å²) in [6.07, 6.45) is 2.35. The first-order chi connectivity index (χ1) is 12.5. The molecule has 0 saturated carbocycles. The number of amides is 1. The van der Waals surface area contributed by atoms with E-state index in [0.29, 0.717) is 12.0 Å². The highest BCUT2D eigenvalue weighted by Crippen LogP contribution is 2.19. The predicted molar refractivity (Wildman–Crippen MR) is 104 cm³/mol. The molecule has 2 aromatic carbocycles. The molecule has 26 heavy (non-hydrogen) atoms. The Morgan fingerprint density at radius 2 is 1.58 bits per heavy atom. The van der Waals surface area contributed by atoms with Crippen molar-refractivity contribution in [3.63, 3.8) is 0 Å². The van der Waals surface area contributed by atoms with Gasteiger partial charge in [0.15, 0.2) is 0 Å². The number of ether oxygens (including phenoxy) is 1. The smallest absolute Gasteiger partial charge is 0.328 e. The highest BCUT2D eigenvalue weighted by molar-refractivity contribution is 6.24. The Balaban J connectivity index is 2.34. The van der Waals surface area contributed by atoms with Crippen molar-refractivity contribution >= 4 is 23.5 Å². The van der Waals surface area contributed by atoms with Gasteiger partial charge in [0.05, 0.1) is 7.11 Å². The van der Waals surface area contributed by atoms with Gasteiger partial charge in [-0.1, -0.05) is 74.5 Å². The van der Waals surface area contributed by atoms with E-state index in [4.69, 9.17) is 4.74 Å². The van der Waals surface area contributed by atoms with Crippen molar-refractivity contribution in [1.82, 2.24) is 5.32 Å². The Bertz CT molecular complexity index is 751. The molecule has 4 heteroatoms. The monoisotopic (exact) mass is 351 g/mol. The number of rotatable bonds is 7. The molecule has 0 fully saturated rings. The summed E-state index contributed by atoms with van der Waals surface area (Å²) < 4.78 is 4.84. The summed E-state index contributed by atoms with van der Waals surface area (Å²) in [5, 5.41) is 2.84. The lowest BCUT2D eigenvalue weighted by molar-refractivity contribution is -0.145. The van der Waals surface area contributed by atoms with E-state index < -0.39 is 12.0 Å². The minimum Gasteiger partial charge on any atom is -0.467 e. The summed E-state index contributed by atoms with van der Waals surface area (Å²) in [5.41, 5.74) is 2.22. The van der Waals surface area contributed by atoms with Crippen molar-refractivity contribution in [3.05, 3.63) is 71.8 Å². The number of methoxy groups -OCH3 is 1. The van der Waals surface area contributed by atoms with Gasteiger partial charge in [0.1, 0.15) is 6.04 Å². The van der Waals surface area contributed by atoms with Gasteiger partial charge in [0.25, 0.3) is 5.91 Å². The Morgan fingerprint density at radius 1 is 1.00 bits per heavy atom. The number of nitrogens with one attached hydrogen (secondary N) is 1. The number of carbonyl (C=O) groups is 2. The molecule has 1 N–H and O–H groups in total. The highest BCUT2D eigenvalue weighted by Gasteiger charge is 2.24. The fraction of sp³-hybridized carbons (Fsp3) is 0.273. The Labute approximate surface area is 154 Å². The zero-order chi connectivity index (χ0) is 18.9. The van der Waals surface area contributed by atoms with E-state index in [0.717, 1.165) is 11.1 Å². The van der Waals surface area contributed by atoms with Crippen molar-refractivity contribution in [2.24, 2.45) is 5.92 Å². The van der Waals surface area contributed by atoms with Crippen LogP contribution in [-0.4, -0.2) is 25.0 Å². The molecule has 0 aliphatic rings. The van der Waals surface area contributed by atoms with Crippen LogP contribution < -0.4 is 5.32 Å². The highest BCUT2D eigenvalue weighted by atomic mass is 16.5. The molecule has 0 bridgehead atoms. The summed E-state index contributed by atoms with van der Waals surface area (Å²) in [7, 11) is 1.33. The summed E-state index contributed by atoms with van der Waals surface area (Å²) >= 11 is 0. The molecule has 1 amide bonds. The zero-order valence-corrected chi connectivity index (χ0v) is 15.4. The van der Waals surface area contributed by atoms with Gasteiger partial charge >= 0.3 is 5.97 Å². The van der Waals surface area contributed by atoms with Gasteiger partial charge in [-0.05, 0) is 29.5 Å². The maximum Gasteiger partial charge on any atom is 0.328 e. The molecule has 0 aromatic heterocycles.